The Morgan fingerprint density at radius 3 is 2.56 bits per heavy atom. The van der Waals surface area contributed by atoms with E-state index in [1.165, 1.54) is 45.3 Å². The average Bonchev–Trinajstić information content (AvgIpc) is 2.41. The summed E-state index contributed by atoms with van der Waals surface area (Å²) in [5, 5.41) is 3.57. The molecule has 0 amide bonds. The van der Waals surface area contributed by atoms with Crippen LogP contribution in [0.5, 0.6) is 0 Å². The van der Waals surface area contributed by atoms with Crippen molar-refractivity contribution in [3.63, 3.8) is 0 Å². The molecule has 1 atom stereocenters. The molecule has 1 saturated heterocycles. The molecule has 0 bridgehead atoms. The highest BCUT2D eigenvalue weighted by molar-refractivity contribution is 4.73. The van der Waals surface area contributed by atoms with Crippen molar-refractivity contribution >= 4 is 0 Å². The molecule has 0 saturated carbocycles. The Balaban J connectivity index is 2.18. The summed E-state index contributed by atoms with van der Waals surface area (Å²) in [5.41, 5.74) is 0.262. The van der Waals surface area contributed by atoms with Crippen LogP contribution in [0.4, 0.5) is 0 Å². The molecule has 0 radical (unpaired) electrons. The first-order chi connectivity index (χ1) is 7.51. The quantitative estimate of drug-likeness (QED) is 0.793. The maximum Gasteiger partial charge on any atom is 0.0107 e. The lowest BCUT2D eigenvalue weighted by Gasteiger charge is -2.25. The zero-order valence-electron chi connectivity index (χ0n) is 11.7. The Bertz CT molecular complexity index is 184. The van der Waals surface area contributed by atoms with Gasteiger partial charge in [0.15, 0.2) is 0 Å². The molecule has 1 heterocycles. The minimum atomic E-state index is 0.262. The molecule has 1 aliphatic heterocycles. The molecule has 96 valence electrons. The van der Waals surface area contributed by atoms with Gasteiger partial charge in [0.2, 0.25) is 0 Å². The molecule has 0 aliphatic carbocycles. The third-order valence-electron chi connectivity index (χ3n) is 3.60. The molecule has 0 aromatic carbocycles. The SMILES string of the molecule is CCC1CCCN(CCNC(C)(C)C)CC1. The second kappa shape index (κ2) is 6.61. The van der Waals surface area contributed by atoms with Gasteiger partial charge in [-0.1, -0.05) is 13.3 Å². The van der Waals surface area contributed by atoms with Crippen LogP contribution < -0.4 is 5.32 Å². The van der Waals surface area contributed by atoms with Crippen LogP contribution in [0, 0.1) is 5.92 Å². The number of nitrogens with one attached hydrogen (secondary N) is 1. The van der Waals surface area contributed by atoms with Gasteiger partial charge in [-0.2, -0.15) is 0 Å². The highest BCUT2D eigenvalue weighted by Gasteiger charge is 2.16. The van der Waals surface area contributed by atoms with E-state index in [1.54, 1.807) is 0 Å². The van der Waals surface area contributed by atoms with Crippen LogP contribution in [-0.4, -0.2) is 36.6 Å². The van der Waals surface area contributed by atoms with Gasteiger partial charge in [-0.25, -0.2) is 0 Å². The van der Waals surface area contributed by atoms with Crippen molar-refractivity contribution in [1.29, 1.82) is 0 Å². The van der Waals surface area contributed by atoms with Gasteiger partial charge in [0.05, 0.1) is 0 Å². The summed E-state index contributed by atoms with van der Waals surface area (Å²) in [6.45, 7) is 14.0. The molecule has 16 heavy (non-hydrogen) atoms. The van der Waals surface area contributed by atoms with E-state index in [9.17, 15) is 0 Å². The molecule has 2 heteroatoms. The van der Waals surface area contributed by atoms with Crippen LogP contribution >= 0.6 is 0 Å². The normalized spacial score (nSPS) is 24.4. The van der Waals surface area contributed by atoms with Gasteiger partial charge in [0.1, 0.15) is 0 Å². The van der Waals surface area contributed by atoms with Gasteiger partial charge in [-0.3, -0.25) is 0 Å². The maximum absolute atomic E-state index is 3.57. The number of rotatable bonds is 4. The van der Waals surface area contributed by atoms with Crippen molar-refractivity contribution < 1.29 is 0 Å². The Morgan fingerprint density at radius 1 is 1.19 bits per heavy atom. The van der Waals surface area contributed by atoms with E-state index >= 15 is 0 Å². The Kier molecular flexibility index (Phi) is 5.77. The molecule has 0 aromatic heterocycles. The van der Waals surface area contributed by atoms with E-state index in [4.69, 9.17) is 0 Å². The average molecular weight is 226 g/mol. The lowest BCUT2D eigenvalue weighted by Crippen LogP contribution is -2.41. The largest absolute Gasteiger partial charge is 0.311 e. The van der Waals surface area contributed by atoms with Crippen molar-refractivity contribution in [2.24, 2.45) is 5.92 Å². The molecule has 0 spiro atoms. The lowest BCUT2D eigenvalue weighted by atomic mass is 9.98. The first kappa shape index (κ1) is 14.0. The van der Waals surface area contributed by atoms with Gasteiger partial charge in [0.25, 0.3) is 0 Å². The van der Waals surface area contributed by atoms with E-state index in [0.717, 1.165) is 12.5 Å². The summed E-state index contributed by atoms with van der Waals surface area (Å²) < 4.78 is 0. The Morgan fingerprint density at radius 2 is 1.94 bits per heavy atom. The van der Waals surface area contributed by atoms with Gasteiger partial charge in [-0.15, -0.1) is 0 Å². The van der Waals surface area contributed by atoms with Crippen molar-refractivity contribution in [3.05, 3.63) is 0 Å². The summed E-state index contributed by atoms with van der Waals surface area (Å²) in [5.74, 6) is 0.987. The fraction of sp³-hybridized carbons (Fsp3) is 1.00. The van der Waals surface area contributed by atoms with E-state index in [1.807, 2.05) is 0 Å². The maximum atomic E-state index is 3.57. The minimum absolute atomic E-state index is 0.262. The second-order valence-corrected chi connectivity index (χ2v) is 6.22. The highest BCUT2D eigenvalue weighted by atomic mass is 15.1. The highest BCUT2D eigenvalue weighted by Crippen LogP contribution is 2.19. The smallest absolute Gasteiger partial charge is 0.0107 e. The zero-order chi connectivity index (χ0) is 12.0. The molecule has 1 fully saturated rings. The zero-order valence-corrected chi connectivity index (χ0v) is 11.7. The molecular formula is C14H30N2. The van der Waals surface area contributed by atoms with Crippen molar-refractivity contribution in [3.8, 4) is 0 Å². The van der Waals surface area contributed by atoms with E-state index in [0.29, 0.717) is 0 Å². The van der Waals surface area contributed by atoms with Crippen LogP contribution in [0.3, 0.4) is 0 Å². The van der Waals surface area contributed by atoms with Gasteiger partial charge in [0, 0.05) is 18.6 Å². The summed E-state index contributed by atoms with van der Waals surface area (Å²) in [6.07, 6.45) is 5.62. The third kappa shape index (κ3) is 5.86. The third-order valence-corrected chi connectivity index (χ3v) is 3.60. The van der Waals surface area contributed by atoms with E-state index in [2.05, 4.69) is 37.9 Å². The predicted molar refractivity (Wildman–Crippen MR) is 71.8 cm³/mol. The first-order valence-corrected chi connectivity index (χ1v) is 6.98. The molecule has 1 N–H and O–H groups in total. The van der Waals surface area contributed by atoms with Crippen LogP contribution in [0.1, 0.15) is 53.4 Å². The fourth-order valence-corrected chi connectivity index (χ4v) is 2.45. The molecular weight excluding hydrogens is 196 g/mol. The molecule has 0 aromatic rings. The Labute approximate surface area is 102 Å². The second-order valence-electron chi connectivity index (χ2n) is 6.22. The number of likely N-dealkylation sites (tertiary alicyclic amines) is 1. The van der Waals surface area contributed by atoms with E-state index < -0.39 is 0 Å². The summed E-state index contributed by atoms with van der Waals surface area (Å²) in [4.78, 5) is 2.63. The number of hydrogen-bond donors (Lipinski definition) is 1. The van der Waals surface area contributed by atoms with Crippen LogP contribution in [0.15, 0.2) is 0 Å². The molecule has 1 rings (SSSR count). The minimum Gasteiger partial charge on any atom is -0.311 e. The number of nitrogens with zero attached hydrogens (tertiary/aromatic N) is 1. The standard InChI is InChI=1S/C14H30N2/c1-5-13-7-6-10-16(11-8-13)12-9-15-14(2,3)4/h13,15H,5-12H2,1-4H3. The van der Waals surface area contributed by atoms with Crippen LogP contribution in [0.2, 0.25) is 0 Å². The lowest BCUT2D eigenvalue weighted by molar-refractivity contribution is 0.266. The Hall–Kier alpha value is -0.0800. The van der Waals surface area contributed by atoms with Crippen molar-refractivity contribution in [2.45, 2.75) is 58.9 Å². The summed E-state index contributed by atoms with van der Waals surface area (Å²) in [7, 11) is 0. The fourth-order valence-electron chi connectivity index (χ4n) is 2.45. The molecule has 1 aliphatic rings. The van der Waals surface area contributed by atoms with Crippen LogP contribution in [0.25, 0.3) is 0 Å². The van der Waals surface area contributed by atoms with Gasteiger partial charge < -0.3 is 10.2 Å². The van der Waals surface area contributed by atoms with Crippen molar-refractivity contribution in [1.82, 2.24) is 10.2 Å². The van der Waals surface area contributed by atoms with Gasteiger partial charge >= 0.3 is 0 Å². The molecule has 1 unspecified atom stereocenters. The monoisotopic (exact) mass is 226 g/mol. The predicted octanol–water partition coefficient (Wildman–Crippen LogP) is 2.89. The van der Waals surface area contributed by atoms with E-state index in [-0.39, 0.29) is 5.54 Å². The number of hydrogen-bond acceptors (Lipinski definition) is 2. The summed E-state index contributed by atoms with van der Waals surface area (Å²) in [6, 6.07) is 0. The summed E-state index contributed by atoms with van der Waals surface area (Å²) >= 11 is 0. The topological polar surface area (TPSA) is 15.3 Å². The van der Waals surface area contributed by atoms with Crippen LogP contribution in [-0.2, 0) is 0 Å². The van der Waals surface area contributed by atoms with Gasteiger partial charge in [-0.05, 0) is 59.0 Å². The van der Waals surface area contributed by atoms with Crippen molar-refractivity contribution in [2.75, 3.05) is 26.2 Å². The molecule has 2 nitrogen and oxygen atoms in total. The first-order valence-electron chi connectivity index (χ1n) is 6.98.